The van der Waals surface area contributed by atoms with Crippen LogP contribution in [0, 0.1) is 41.4 Å². The molecule has 1 aromatic carbocycles. The fraction of sp³-hybridized carbons (Fsp3) is 0.655. The summed E-state index contributed by atoms with van der Waals surface area (Å²) in [6.07, 6.45) is 14.6. The Morgan fingerprint density at radius 2 is 1.87 bits per heavy atom. The second kappa shape index (κ2) is 7.37. The summed E-state index contributed by atoms with van der Waals surface area (Å²) < 4.78 is 0. The van der Waals surface area contributed by atoms with Crippen molar-refractivity contribution in [3.8, 4) is 0 Å². The highest BCUT2D eigenvalue weighted by molar-refractivity contribution is 5.39. The summed E-state index contributed by atoms with van der Waals surface area (Å²) in [7, 11) is 0. The zero-order chi connectivity index (χ0) is 21.1. The van der Waals surface area contributed by atoms with Crippen molar-refractivity contribution in [2.75, 3.05) is 0 Å². The largest absolute Gasteiger partial charge is 0.393 e. The Morgan fingerprint density at radius 1 is 1.03 bits per heavy atom. The van der Waals surface area contributed by atoms with Gasteiger partial charge in [0.2, 0.25) is 0 Å². The van der Waals surface area contributed by atoms with Crippen LogP contribution in [-0.2, 0) is 6.42 Å². The van der Waals surface area contributed by atoms with Gasteiger partial charge in [0.05, 0.1) is 6.10 Å². The van der Waals surface area contributed by atoms with Gasteiger partial charge in [0.25, 0.3) is 0 Å². The average Bonchev–Trinajstić information content (AvgIpc) is 3.06. The molecule has 3 saturated carbocycles. The summed E-state index contributed by atoms with van der Waals surface area (Å²) in [6, 6.07) is 9.14. The van der Waals surface area contributed by atoms with Crippen LogP contribution in [-0.4, -0.2) is 11.2 Å². The van der Waals surface area contributed by atoms with E-state index in [1.807, 2.05) is 0 Å². The number of allylic oxidation sites excluding steroid dienone is 3. The van der Waals surface area contributed by atoms with Crippen molar-refractivity contribution in [2.24, 2.45) is 34.5 Å². The maximum Gasteiger partial charge on any atom is 0.0578 e. The van der Waals surface area contributed by atoms with Crippen molar-refractivity contribution in [3.05, 3.63) is 58.7 Å². The maximum atomic E-state index is 10.2. The van der Waals surface area contributed by atoms with E-state index in [1.54, 1.807) is 5.57 Å². The molecule has 30 heavy (non-hydrogen) atoms. The van der Waals surface area contributed by atoms with E-state index >= 15 is 0 Å². The van der Waals surface area contributed by atoms with Crippen molar-refractivity contribution >= 4 is 0 Å². The van der Waals surface area contributed by atoms with Gasteiger partial charge in [0.1, 0.15) is 0 Å². The Hall–Kier alpha value is -1.34. The van der Waals surface area contributed by atoms with E-state index < -0.39 is 0 Å². The van der Waals surface area contributed by atoms with Crippen LogP contribution < -0.4 is 0 Å². The van der Waals surface area contributed by atoms with E-state index in [1.165, 1.54) is 55.2 Å². The monoisotopic (exact) mass is 404 g/mol. The molecule has 162 valence electrons. The van der Waals surface area contributed by atoms with Crippen molar-refractivity contribution in [2.45, 2.75) is 85.2 Å². The van der Waals surface area contributed by atoms with Crippen molar-refractivity contribution in [1.29, 1.82) is 0 Å². The third-order valence-corrected chi connectivity index (χ3v) is 9.94. The topological polar surface area (TPSA) is 20.2 Å². The molecule has 0 aromatic heterocycles. The van der Waals surface area contributed by atoms with Crippen molar-refractivity contribution in [1.82, 2.24) is 0 Å². The van der Waals surface area contributed by atoms with Gasteiger partial charge in [0.15, 0.2) is 0 Å². The molecule has 4 aliphatic carbocycles. The Morgan fingerprint density at radius 3 is 2.67 bits per heavy atom. The quantitative estimate of drug-likeness (QED) is 0.573. The van der Waals surface area contributed by atoms with Gasteiger partial charge in [-0.25, -0.2) is 0 Å². The average molecular weight is 405 g/mol. The van der Waals surface area contributed by atoms with E-state index in [0.717, 1.165) is 30.6 Å². The number of hydrogen-bond acceptors (Lipinski definition) is 1. The first-order valence-electron chi connectivity index (χ1n) is 12.5. The lowest BCUT2D eigenvalue weighted by atomic mass is 9.50. The molecule has 0 spiro atoms. The summed E-state index contributed by atoms with van der Waals surface area (Å²) in [5.74, 6) is 3.06. The minimum atomic E-state index is -0.119. The van der Waals surface area contributed by atoms with Crippen LogP contribution >= 0.6 is 0 Å². The van der Waals surface area contributed by atoms with Gasteiger partial charge in [-0.3, -0.25) is 0 Å². The first-order chi connectivity index (χ1) is 14.3. The fourth-order valence-electron chi connectivity index (χ4n) is 8.31. The SMILES string of the molecule is Cc1cccc(C[C@@H](C)[C@H]2CC[C@H]3C4=CC=C5C[C@@H](O)CC[C@]5(C)[C@H]4CC[C@]23C)c1. The predicted molar refractivity (Wildman–Crippen MR) is 125 cm³/mol. The zero-order valence-electron chi connectivity index (χ0n) is 19.5. The highest BCUT2D eigenvalue weighted by atomic mass is 16.3. The summed E-state index contributed by atoms with van der Waals surface area (Å²) >= 11 is 0. The number of aliphatic hydroxyl groups is 1. The van der Waals surface area contributed by atoms with E-state index in [-0.39, 0.29) is 6.10 Å². The van der Waals surface area contributed by atoms with Gasteiger partial charge in [0, 0.05) is 0 Å². The molecule has 0 saturated heterocycles. The predicted octanol–water partition coefficient (Wildman–Crippen LogP) is 7.03. The maximum absolute atomic E-state index is 10.2. The molecule has 0 amide bonds. The molecule has 4 aliphatic rings. The smallest absolute Gasteiger partial charge is 0.0578 e. The molecule has 0 aliphatic heterocycles. The molecule has 1 N–H and O–H groups in total. The number of hydrogen-bond donors (Lipinski definition) is 1. The Kier molecular flexibility index (Phi) is 5.05. The summed E-state index contributed by atoms with van der Waals surface area (Å²) in [6.45, 7) is 9.87. The van der Waals surface area contributed by atoms with Gasteiger partial charge < -0.3 is 5.11 Å². The first kappa shape index (κ1) is 20.6. The number of rotatable bonds is 3. The number of aryl methyl sites for hydroxylation is 1. The van der Waals surface area contributed by atoms with Crippen LogP contribution in [0.1, 0.15) is 76.8 Å². The Bertz CT molecular complexity index is 878. The lowest BCUT2D eigenvalue weighted by Crippen LogP contribution is -2.46. The second-order valence-corrected chi connectivity index (χ2v) is 11.7. The third-order valence-electron chi connectivity index (χ3n) is 9.94. The molecule has 0 heterocycles. The highest BCUT2D eigenvalue weighted by Crippen LogP contribution is 2.66. The lowest BCUT2D eigenvalue weighted by molar-refractivity contribution is 0.0337. The van der Waals surface area contributed by atoms with E-state index in [9.17, 15) is 5.11 Å². The van der Waals surface area contributed by atoms with Gasteiger partial charge in [-0.15, -0.1) is 0 Å². The zero-order valence-corrected chi connectivity index (χ0v) is 19.5. The molecule has 0 bridgehead atoms. The van der Waals surface area contributed by atoms with Crippen LogP contribution in [0.3, 0.4) is 0 Å². The van der Waals surface area contributed by atoms with E-state index in [4.69, 9.17) is 0 Å². The molecule has 3 fully saturated rings. The summed E-state index contributed by atoms with van der Waals surface area (Å²) in [5.41, 5.74) is 6.97. The first-order valence-corrected chi connectivity index (χ1v) is 12.5. The molecule has 7 atom stereocenters. The van der Waals surface area contributed by atoms with Crippen LogP contribution in [0.4, 0.5) is 0 Å². The van der Waals surface area contributed by atoms with Gasteiger partial charge in [-0.2, -0.15) is 0 Å². The van der Waals surface area contributed by atoms with Crippen LogP contribution in [0.15, 0.2) is 47.6 Å². The molecule has 1 nitrogen and oxygen atoms in total. The second-order valence-electron chi connectivity index (χ2n) is 11.7. The highest BCUT2D eigenvalue weighted by Gasteiger charge is 2.56. The van der Waals surface area contributed by atoms with E-state index in [2.05, 4.69) is 64.1 Å². The van der Waals surface area contributed by atoms with Crippen LogP contribution in [0.25, 0.3) is 0 Å². The van der Waals surface area contributed by atoms with Gasteiger partial charge in [-0.1, -0.05) is 73.9 Å². The summed E-state index contributed by atoms with van der Waals surface area (Å²) in [4.78, 5) is 0. The normalized spacial score (nSPS) is 41.2. The Labute approximate surface area is 183 Å². The standard InChI is InChI=1S/C29H40O/c1-19-6-5-7-21(16-19)17-20(2)25-10-11-26-24-9-8-22-18-23(30)12-14-28(22,3)27(24)13-15-29(25,26)4/h5-9,16,20,23,25-27,30H,10-15,17-18H2,1-4H3/t20-,23+,25-,26+,27+,28+,29-/m1/s1. The third kappa shape index (κ3) is 3.15. The Balaban J connectivity index is 1.40. The van der Waals surface area contributed by atoms with Gasteiger partial charge >= 0.3 is 0 Å². The molecular weight excluding hydrogens is 364 g/mol. The summed E-state index contributed by atoms with van der Waals surface area (Å²) in [5, 5.41) is 10.2. The molecular formula is C29H40O. The molecule has 1 aromatic rings. The number of fused-ring (bicyclic) bond motifs is 5. The van der Waals surface area contributed by atoms with Crippen molar-refractivity contribution < 1.29 is 5.11 Å². The minimum Gasteiger partial charge on any atom is -0.393 e. The van der Waals surface area contributed by atoms with Crippen molar-refractivity contribution in [3.63, 3.8) is 0 Å². The molecule has 0 unspecified atom stereocenters. The number of benzene rings is 1. The van der Waals surface area contributed by atoms with Gasteiger partial charge in [-0.05, 0) is 98.4 Å². The van der Waals surface area contributed by atoms with E-state index in [0.29, 0.717) is 16.7 Å². The molecule has 5 rings (SSSR count). The molecule has 1 heteroatoms. The number of aliphatic hydroxyl groups excluding tert-OH is 1. The fourth-order valence-corrected chi connectivity index (χ4v) is 8.31. The molecule has 0 radical (unpaired) electrons. The minimum absolute atomic E-state index is 0.119. The lowest BCUT2D eigenvalue weighted by Gasteiger charge is -2.55. The van der Waals surface area contributed by atoms with Crippen LogP contribution in [0.5, 0.6) is 0 Å². The van der Waals surface area contributed by atoms with Crippen LogP contribution in [0.2, 0.25) is 0 Å².